The molecule has 0 radical (unpaired) electrons. The molecular weight excluding hydrogens is 356 g/mol. The molecule has 26 heavy (non-hydrogen) atoms. The Labute approximate surface area is 154 Å². The lowest BCUT2D eigenvalue weighted by atomic mass is 10.3. The maximum Gasteiger partial charge on any atom is 0.264 e. The fourth-order valence-corrected chi connectivity index (χ4v) is 3.24. The molecule has 1 heterocycles. The monoisotopic (exact) mass is 374 g/mol. The molecule has 0 aliphatic heterocycles. The van der Waals surface area contributed by atoms with Crippen LogP contribution in [-0.2, 0) is 4.79 Å². The average Bonchev–Trinajstić information content (AvgIpc) is 3.06. The van der Waals surface area contributed by atoms with Gasteiger partial charge in [0, 0.05) is 12.1 Å². The number of rotatable bonds is 7. The van der Waals surface area contributed by atoms with Crippen LogP contribution in [0.4, 0.5) is 5.13 Å². The molecule has 8 heteroatoms. The smallest absolute Gasteiger partial charge is 0.264 e. The molecule has 1 N–H and O–H groups in total. The molecule has 0 saturated carbocycles. The maximum atomic E-state index is 12.1. The van der Waals surface area contributed by atoms with Gasteiger partial charge < -0.3 is 18.9 Å². The first-order valence-electron chi connectivity index (χ1n) is 7.73. The van der Waals surface area contributed by atoms with E-state index in [-0.39, 0.29) is 12.5 Å². The Hall–Kier alpha value is -3.00. The van der Waals surface area contributed by atoms with Crippen molar-refractivity contribution in [2.45, 2.75) is 0 Å². The Morgan fingerprint density at radius 2 is 1.65 bits per heavy atom. The molecule has 3 rings (SSSR count). The summed E-state index contributed by atoms with van der Waals surface area (Å²) in [5, 5.41) is 3.21. The molecule has 3 aromatic rings. The zero-order valence-electron chi connectivity index (χ0n) is 14.6. The highest BCUT2D eigenvalue weighted by Crippen LogP contribution is 2.36. The molecule has 0 fully saturated rings. The summed E-state index contributed by atoms with van der Waals surface area (Å²) in [4.78, 5) is 16.5. The molecule has 2 aromatic carbocycles. The van der Waals surface area contributed by atoms with Crippen LogP contribution in [0.5, 0.6) is 23.0 Å². The van der Waals surface area contributed by atoms with Crippen LogP contribution in [0.1, 0.15) is 0 Å². The van der Waals surface area contributed by atoms with Crippen molar-refractivity contribution in [3.8, 4) is 23.0 Å². The summed E-state index contributed by atoms with van der Waals surface area (Å²) in [5.41, 5.74) is 0.716. The van der Waals surface area contributed by atoms with Gasteiger partial charge in [0.15, 0.2) is 34.7 Å². The molecule has 0 saturated heterocycles. The van der Waals surface area contributed by atoms with E-state index >= 15 is 0 Å². The molecule has 7 nitrogen and oxygen atoms in total. The van der Waals surface area contributed by atoms with Crippen molar-refractivity contribution < 1.29 is 23.7 Å². The number of carbonyl (C=O) groups excluding carboxylic acids is 1. The minimum atomic E-state index is -0.311. The van der Waals surface area contributed by atoms with E-state index in [1.807, 2.05) is 18.2 Å². The second-order valence-corrected chi connectivity index (χ2v) is 6.21. The number of nitrogens with one attached hydrogen (secondary N) is 1. The highest BCUT2D eigenvalue weighted by Gasteiger charge is 2.13. The number of ether oxygens (including phenoxy) is 4. The van der Waals surface area contributed by atoms with Crippen molar-refractivity contribution in [3.63, 3.8) is 0 Å². The fraction of sp³-hybridized carbons (Fsp3) is 0.222. The first-order valence-corrected chi connectivity index (χ1v) is 8.54. The molecule has 136 valence electrons. The van der Waals surface area contributed by atoms with Gasteiger partial charge in [0.05, 0.1) is 31.5 Å². The van der Waals surface area contributed by atoms with E-state index in [1.165, 1.54) is 11.3 Å². The number of fused-ring (bicyclic) bond motifs is 1. The number of thiazole rings is 1. The van der Waals surface area contributed by atoms with Gasteiger partial charge in [-0.05, 0) is 12.1 Å². The lowest BCUT2D eigenvalue weighted by Crippen LogP contribution is -2.20. The number of hydrogen-bond acceptors (Lipinski definition) is 7. The molecule has 0 atom stereocenters. The first kappa shape index (κ1) is 17.8. The van der Waals surface area contributed by atoms with Crippen LogP contribution < -0.4 is 24.3 Å². The molecule has 0 bridgehead atoms. The normalized spacial score (nSPS) is 10.4. The van der Waals surface area contributed by atoms with E-state index in [2.05, 4.69) is 10.3 Å². The Morgan fingerprint density at radius 1 is 1.00 bits per heavy atom. The number of methoxy groups -OCH3 is 3. The highest BCUT2D eigenvalue weighted by molar-refractivity contribution is 7.22. The third-order valence-electron chi connectivity index (χ3n) is 3.57. The van der Waals surface area contributed by atoms with E-state index in [9.17, 15) is 4.79 Å². The fourth-order valence-electron chi connectivity index (χ4n) is 2.35. The molecular formula is C18H18N2O5S. The van der Waals surface area contributed by atoms with Crippen LogP contribution >= 0.6 is 11.3 Å². The summed E-state index contributed by atoms with van der Waals surface area (Å²) in [6.45, 7) is -0.150. The minimum absolute atomic E-state index is 0.150. The first-order chi connectivity index (χ1) is 12.6. The Balaban J connectivity index is 1.69. The number of carbonyl (C=O) groups is 1. The van der Waals surface area contributed by atoms with E-state index < -0.39 is 0 Å². The van der Waals surface area contributed by atoms with Crippen LogP contribution in [-0.4, -0.2) is 38.8 Å². The lowest BCUT2D eigenvalue weighted by Gasteiger charge is -2.09. The summed E-state index contributed by atoms with van der Waals surface area (Å²) < 4.78 is 22.1. The second-order valence-electron chi connectivity index (χ2n) is 5.18. The van der Waals surface area contributed by atoms with Gasteiger partial charge in [-0.25, -0.2) is 4.98 Å². The number of aromatic nitrogens is 1. The van der Waals surface area contributed by atoms with Gasteiger partial charge in [-0.2, -0.15) is 0 Å². The molecule has 0 unspecified atom stereocenters. The van der Waals surface area contributed by atoms with Gasteiger partial charge in [0.1, 0.15) is 0 Å². The summed E-state index contributed by atoms with van der Waals surface area (Å²) >= 11 is 1.34. The maximum absolute atomic E-state index is 12.1. The Morgan fingerprint density at radius 3 is 2.35 bits per heavy atom. The Kier molecular flexibility index (Phi) is 5.43. The third-order valence-corrected chi connectivity index (χ3v) is 4.50. The largest absolute Gasteiger partial charge is 0.493 e. The van der Waals surface area contributed by atoms with Crippen LogP contribution in [0.2, 0.25) is 0 Å². The van der Waals surface area contributed by atoms with Crippen LogP contribution in [0.3, 0.4) is 0 Å². The number of hydrogen-bond donors (Lipinski definition) is 1. The quantitative estimate of drug-likeness (QED) is 0.683. The SMILES string of the molecule is COc1cc2nc(NC(=O)COc3ccccc3OC)sc2cc1OC. The topological polar surface area (TPSA) is 78.9 Å². The summed E-state index contributed by atoms with van der Waals surface area (Å²) in [6, 6.07) is 10.7. The number of amides is 1. The molecule has 0 aliphatic carbocycles. The average molecular weight is 374 g/mol. The zero-order chi connectivity index (χ0) is 18.5. The van der Waals surface area contributed by atoms with Crippen LogP contribution in [0.25, 0.3) is 10.2 Å². The Bertz CT molecular complexity index is 884. The third kappa shape index (κ3) is 3.80. The number of nitrogens with zero attached hydrogens (tertiary/aromatic N) is 1. The lowest BCUT2D eigenvalue weighted by molar-refractivity contribution is -0.118. The van der Waals surface area contributed by atoms with Crippen molar-refractivity contribution in [1.82, 2.24) is 4.98 Å². The van der Waals surface area contributed by atoms with Crippen LogP contribution in [0.15, 0.2) is 36.4 Å². The second kappa shape index (κ2) is 7.92. The zero-order valence-corrected chi connectivity index (χ0v) is 15.4. The molecule has 1 amide bonds. The van der Waals surface area contributed by atoms with Gasteiger partial charge in [-0.15, -0.1) is 0 Å². The van der Waals surface area contributed by atoms with Crippen molar-refractivity contribution in [2.24, 2.45) is 0 Å². The van der Waals surface area contributed by atoms with Crippen molar-refractivity contribution in [2.75, 3.05) is 33.3 Å². The summed E-state index contributed by atoms with van der Waals surface area (Å²) in [5.74, 6) is 1.96. The van der Waals surface area contributed by atoms with Crippen LogP contribution in [0, 0.1) is 0 Å². The number of benzene rings is 2. The standard InChI is InChI=1S/C18H18N2O5S/c1-22-12-6-4-5-7-13(12)25-10-17(21)20-18-19-11-8-14(23-2)15(24-3)9-16(11)26-18/h4-9H,10H2,1-3H3,(H,19,20,21). The van der Waals surface area contributed by atoms with Crippen molar-refractivity contribution in [1.29, 1.82) is 0 Å². The van der Waals surface area contributed by atoms with Gasteiger partial charge in [-0.3, -0.25) is 10.1 Å². The van der Waals surface area contributed by atoms with E-state index in [4.69, 9.17) is 18.9 Å². The van der Waals surface area contributed by atoms with Gasteiger partial charge in [0.25, 0.3) is 5.91 Å². The summed E-state index contributed by atoms with van der Waals surface area (Å²) in [7, 11) is 4.68. The van der Waals surface area contributed by atoms with E-state index in [0.717, 1.165) is 4.70 Å². The van der Waals surface area contributed by atoms with E-state index in [0.29, 0.717) is 33.6 Å². The minimum Gasteiger partial charge on any atom is -0.493 e. The van der Waals surface area contributed by atoms with Gasteiger partial charge in [-0.1, -0.05) is 23.5 Å². The number of anilines is 1. The van der Waals surface area contributed by atoms with Crippen molar-refractivity contribution in [3.05, 3.63) is 36.4 Å². The predicted octanol–water partition coefficient (Wildman–Crippen LogP) is 3.34. The van der Waals surface area contributed by atoms with Gasteiger partial charge in [0.2, 0.25) is 0 Å². The number of para-hydroxylation sites is 2. The molecule has 1 aromatic heterocycles. The highest BCUT2D eigenvalue weighted by atomic mass is 32.1. The molecule has 0 aliphatic rings. The summed E-state index contributed by atoms with van der Waals surface area (Å²) in [6.07, 6.45) is 0. The van der Waals surface area contributed by atoms with Gasteiger partial charge >= 0.3 is 0 Å². The molecule has 0 spiro atoms. The van der Waals surface area contributed by atoms with E-state index in [1.54, 1.807) is 39.5 Å². The van der Waals surface area contributed by atoms with Crippen molar-refractivity contribution >= 4 is 32.6 Å². The predicted molar refractivity (Wildman–Crippen MR) is 99.8 cm³/mol.